The molecular formula is C9H10N2O4. The van der Waals surface area contributed by atoms with E-state index in [4.69, 9.17) is 5.11 Å². The summed E-state index contributed by atoms with van der Waals surface area (Å²) in [4.78, 5) is 19.9. The van der Waals surface area contributed by atoms with Gasteiger partial charge in [0.15, 0.2) is 0 Å². The van der Waals surface area contributed by atoms with Crippen molar-refractivity contribution in [1.29, 1.82) is 0 Å². The van der Waals surface area contributed by atoms with Gasteiger partial charge in [-0.3, -0.25) is 10.1 Å². The largest absolute Gasteiger partial charge is 0.475 e. The van der Waals surface area contributed by atoms with E-state index in [0.29, 0.717) is 0 Å². The van der Waals surface area contributed by atoms with Crippen LogP contribution >= 0.6 is 0 Å². The van der Waals surface area contributed by atoms with Gasteiger partial charge in [0.1, 0.15) is 0 Å². The van der Waals surface area contributed by atoms with Gasteiger partial charge >= 0.3 is 12.1 Å². The van der Waals surface area contributed by atoms with Crippen LogP contribution in [0.3, 0.4) is 0 Å². The summed E-state index contributed by atoms with van der Waals surface area (Å²) < 4.78 is 0. The molecule has 6 heteroatoms. The van der Waals surface area contributed by atoms with Gasteiger partial charge in [-0.25, -0.2) is 10.1 Å². The molecule has 15 heavy (non-hydrogen) atoms. The maximum absolute atomic E-state index is 10.5. The first-order valence-corrected chi connectivity index (χ1v) is 4.25. The van der Waals surface area contributed by atoms with Crippen LogP contribution in [0.1, 0.15) is 5.56 Å². The summed E-state index contributed by atoms with van der Waals surface area (Å²) in [5.74, 6) is -1.49. The third-order valence-electron chi connectivity index (χ3n) is 1.79. The lowest BCUT2D eigenvalue weighted by molar-refractivity contribution is -0.517. The van der Waals surface area contributed by atoms with Crippen LogP contribution in [-0.4, -0.2) is 22.2 Å². The van der Waals surface area contributed by atoms with Crippen LogP contribution in [0.4, 0.5) is 0 Å². The molecule has 0 heterocycles. The Kier molecular flexibility index (Phi) is 3.75. The Morgan fingerprint density at radius 2 is 2.07 bits per heavy atom. The molecule has 6 nitrogen and oxygen atoms in total. The number of aliphatic carboxylic acids is 1. The molecule has 0 fully saturated rings. The highest BCUT2D eigenvalue weighted by Crippen LogP contribution is 1.98. The predicted molar refractivity (Wildman–Crippen MR) is 51.7 cm³/mol. The van der Waals surface area contributed by atoms with Crippen molar-refractivity contribution in [3.05, 3.63) is 46.0 Å². The summed E-state index contributed by atoms with van der Waals surface area (Å²) in [6, 6.07) is 8.88. The standard InChI is InChI=1S/C9H10N2O4/c12-9(13)8(11(14)15)10-6-7-4-2-1-3-5-7/h1-5,8,10H,6H2,(H,12,13). The number of hydrogen-bond donors (Lipinski definition) is 2. The number of rotatable bonds is 5. The minimum atomic E-state index is -1.76. The Labute approximate surface area is 85.7 Å². The van der Waals surface area contributed by atoms with Crippen molar-refractivity contribution in [2.24, 2.45) is 0 Å². The molecule has 1 aromatic carbocycles. The molecule has 0 aliphatic heterocycles. The summed E-state index contributed by atoms with van der Waals surface area (Å²) in [6.45, 7) is 0.152. The van der Waals surface area contributed by atoms with E-state index < -0.39 is 17.1 Å². The Bertz CT molecular complexity index is 338. The smallest absolute Gasteiger partial charge is 0.395 e. The second-order valence-corrected chi connectivity index (χ2v) is 2.89. The molecule has 0 saturated heterocycles. The summed E-state index contributed by atoms with van der Waals surface area (Å²) in [5, 5.41) is 21.2. The summed E-state index contributed by atoms with van der Waals surface area (Å²) >= 11 is 0. The van der Waals surface area contributed by atoms with Gasteiger partial charge in [-0.2, -0.15) is 0 Å². The molecule has 1 atom stereocenters. The number of carboxylic acids is 1. The Morgan fingerprint density at radius 3 is 2.53 bits per heavy atom. The van der Waals surface area contributed by atoms with E-state index in [0.717, 1.165) is 5.56 Å². The average Bonchev–Trinajstić information content (AvgIpc) is 2.18. The normalized spacial score (nSPS) is 12.0. The van der Waals surface area contributed by atoms with E-state index in [-0.39, 0.29) is 6.54 Å². The van der Waals surface area contributed by atoms with Crippen molar-refractivity contribution < 1.29 is 14.8 Å². The summed E-state index contributed by atoms with van der Waals surface area (Å²) in [7, 11) is 0. The zero-order valence-electron chi connectivity index (χ0n) is 7.79. The summed E-state index contributed by atoms with van der Waals surface area (Å²) in [5.41, 5.74) is 0.797. The third-order valence-corrected chi connectivity index (χ3v) is 1.79. The molecule has 80 valence electrons. The maximum Gasteiger partial charge on any atom is 0.395 e. The number of benzene rings is 1. The molecule has 0 aromatic heterocycles. The predicted octanol–water partition coefficient (Wildman–Crippen LogP) is 0.464. The fraction of sp³-hybridized carbons (Fsp3) is 0.222. The van der Waals surface area contributed by atoms with E-state index >= 15 is 0 Å². The van der Waals surface area contributed by atoms with Gasteiger partial charge in [0, 0.05) is 6.54 Å². The van der Waals surface area contributed by atoms with E-state index in [2.05, 4.69) is 5.32 Å². The highest BCUT2D eigenvalue weighted by atomic mass is 16.6. The van der Waals surface area contributed by atoms with Crippen molar-refractivity contribution in [2.75, 3.05) is 0 Å². The van der Waals surface area contributed by atoms with Crippen molar-refractivity contribution in [3.8, 4) is 0 Å². The zero-order chi connectivity index (χ0) is 11.3. The molecule has 1 aromatic rings. The quantitative estimate of drug-likeness (QED) is 0.418. The summed E-state index contributed by atoms with van der Waals surface area (Å²) in [6.07, 6.45) is -1.76. The molecule has 0 spiro atoms. The minimum absolute atomic E-state index is 0.152. The fourth-order valence-corrected chi connectivity index (χ4v) is 1.06. The minimum Gasteiger partial charge on any atom is -0.475 e. The highest BCUT2D eigenvalue weighted by Gasteiger charge is 2.27. The van der Waals surface area contributed by atoms with Crippen LogP contribution in [0.5, 0.6) is 0 Å². The van der Waals surface area contributed by atoms with E-state index in [1.165, 1.54) is 0 Å². The molecule has 1 unspecified atom stereocenters. The zero-order valence-corrected chi connectivity index (χ0v) is 7.79. The van der Waals surface area contributed by atoms with Crippen LogP contribution in [-0.2, 0) is 11.3 Å². The molecule has 0 amide bonds. The topological polar surface area (TPSA) is 92.5 Å². The second kappa shape index (κ2) is 5.06. The number of carboxylic acid groups (broad SMARTS) is 1. The highest BCUT2D eigenvalue weighted by molar-refractivity contribution is 5.71. The molecule has 0 bridgehead atoms. The lowest BCUT2D eigenvalue weighted by atomic mass is 10.2. The van der Waals surface area contributed by atoms with Crippen molar-refractivity contribution in [1.82, 2.24) is 5.32 Å². The van der Waals surface area contributed by atoms with Crippen LogP contribution in [0.2, 0.25) is 0 Å². The lowest BCUT2D eigenvalue weighted by Crippen LogP contribution is -2.42. The van der Waals surface area contributed by atoms with Crippen molar-refractivity contribution in [3.63, 3.8) is 0 Å². The number of nitro groups is 1. The molecule has 0 saturated carbocycles. The first kappa shape index (κ1) is 11.1. The number of nitrogens with zero attached hydrogens (tertiary/aromatic N) is 1. The molecule has 2 N–H and O–H groups in total. The number of hydrogen-bond acceptors (Lipinski definition) is 4. The van der Waals surface area contributed by atoms with Gasteiger partial charge in [-0.15, -0.1) is 0 Å². The van der Waals surface area contributed by atoms with Crippen LogP contribution in [0, 0.1) is 10.1 Å². The first-order chi connectivity index (χ1) is 7.11. The second-order valence-electron chi connectivity index (χ2n) is 2.89. The SMILES string of the molecule is O=C(O)C(NCc1ccccc1)[N+](=O)[O-]. The van der Waals surface area contributed by atoms with Crippen LogP contribution in [0.15, 0.2) is 30.3 Å². The Hall–Kier alpha value is -1.95. The first-order valence-electron chi connectivity index (χ1n) is 4.25. The van der Waals surface area contributed by atoms with Crippen molar-refractivity contribution in [2.45, 2.75) is 12.7 Å². The lowest BCUT2D eigenvalue weighted by Gasteiger charge is -2.06. The van der Waals surface area contributed by atoms with Gasteiger partial charge in [0.25, 0.3) is 0 Å². The monoisotopic (exact) mass is 210 g/mol. The molecule has 0 radical (unpaired) electrons. The number of nitrogens with one attached hydrogen (secondary N) is 1. The average molecular weight is 210 g/mol. The van der Waals surface area contributed by atoms with Crippen molar-refractivity contribution >= 4 is 5.97 Å². The Balaban J connectivity index is 2.55. The third kappa shape index (κ3) is 3.35. The van der Waals surface area contributed by atoms with Gasteiger partial charge in [0.05, 0.1) is 4.92 Å². The number of carbonyl (C=O) groups is 1. The van der Waals surface area contributed by atoms with E-state index in [1.54, 1.807) is 24.3 Å². The fourth-order valence-electron chi connectivity index (χ4n) is 1.06. The maximum atomic E-state index is 10.5. The van der Waals surface area contributed by atoms with Gasteiger partial charge in [-0.05, 0) is 5.56 Å². The molecule has 1 rings (SSSR count). The molecular weight excluding hydrogens is 200 g/mol. The van der Waals surface area contributed by atoms with Gasteiger partial charge in [0.2, 0.25) is 0 Å². The van der Waals surface area contributed by atoms with Crippen LogP contribution < -0.4 is 5.32 Å². The van der Waals surface area contributed by atoms with Gasteiger partial charge < -0.3 is 5.11 Å². The van der Waals surface area contributed by atoms with E-state index in [1.807, 2.05) is 6.07 Å². The van der Waals surface area contributed by atoms with E-state index in [9.17, 15) is 14.9 Å². The van der Waals surface area contributed by atoms with Crippen LogP contribution in [0.25, 0.3) is 0 Å². The Morgan fingerprint density at radius 1 is 1.47 bits per heavy atom. The van der Waals surface area contributed by atoms with Gasteiger partial charge in [-0.1, -0.05) is 30.3 Å². The molecule has 0 aliphatic rings. The molecule has 0 aliphatic carbocycles.